The van der Waals surface area contributed by atoms with E-state index < -0.39 is 0 Å². The molecule has 2 fully saturated rings. The van der Waals surface area contributed by atoms with Gasteiger partial charge in [0.05, 0.1) is 24.3 Å². The molecule has 5 nitrogen and oxygen atoms in total. The summed E-state index contributed by atoms with van der Waals surface area (Å²) in [5, 5.41) is 3.47. The first kappa shape index (κ1) is 14.2. The number of ether oxygens (including phenoxy) is 2. The Morgan fingerprint density at radius 2 is 2.24 bits per heavy atom. The molecule has 3 N–H and O–H groups in total. The van der Waals surface area contributed by atoms with Crippen LogP contribution in [0.25, 0.3) is 0 Å². The predicted octanol–water partition coefficient (Wildman–Crippen LogP) is 2.42. The Kier molecular flexibility index (Phi) is 4.01. The zero-order valence-electron chi connectivity index (χ0n) is 12.3. The number of anilines is 2. The van der Waals surface area contributed by atoms with Gasteiger partial charge in [0.15, 0.2) is 0 Å². The second-order valence-corrected chi connectivity index (χ2v) is 5.74. The summed E-state index contributed by atoms with van der Waals surface area (Å²) in [5.74, 6) is 0.332. The summed E-state index contributed by atoms with van der Waals surface area (Å²) in [6.07, 6.45) is 3.72. The van der Waals surface area contributed by atoms with Crippen LogP contribution in [0.5, 0.6) is 0 Å². The molecule has 0 amide bonds. The topological polar surface area (TPSA) is 73.6 Å². The van der Waals surface area contributed by atoms with Gasteiger partial charge in [-0.3, -0.25) is 0 Å². The van der Waals surface area contributed by atoms with Crippen LogP contribution in [-0.2, 0) is 9.47 Å². The van der Waals surface area contributed by atoms with Crippen molar-refractivity contribution in [2.24, 2.45) is 5.92 Å². The molecule has 1 saturated heterocycles. The van der Waals surface area contributed by atoms with Crippen LogP contribution in [0.1, 0.15) is 36.5 Å². The molecule has 2 atom stereocenters. The number of nitrogen functional groups attached to an aromatic ring is 1. The van der Waals surface area contributed by atoms with Gasteiger partial charge >= 0.3 is 5.97 Å². The molecule has 0 radical (unpaired) electrons. The molecule has 0 bridgehead atoms. The number of nitrogens with one attached hydrogen (secondary N) is 1. The van der Waals surface area contributed by atoms with Gasteiger partial charge < -0.3 is 20.5 Å². The fourth-order valence-corrected chi connectivity index (χ4v) is 2.92. The summed E-state index contributed by atoms with van der Waals surface area (Å²) in [7, 11) is 0. The van der Waals surface area contributed by atoms with Crippen LogP contribution < -0.4 is 11.1 Å². The van der Waals surface area contributed by atoms with Crippen molar-refractivity contribution in [2.75, 3.05) is 24.3 Å². The number of hydrogen-bond donors (Lipinski definition) is 2. The van der Waals surface area contributed by atoms with E-state index in [0.29, 0.717) is 23.8 Å². The average molecular weight is 290 g/mol. The molecule has 0 spiro atoms. The summed E-state index contributed by atoms with van der Waals surface area (Å²) in [6.45, 7) is 2.93. The van der Waals surface area contributed by atoms with Crippen LogP contribution >= 0.6 is 0 Å². The van der Waals surface area contributed by atoms with Gasteiger partial charge in [-0.2, -0.15) is 0 Å². The van der Waals surface area contributed by atoms with E-state index in [1.165, 1.54) is 12.8 Å². The van der Waals surface area contributed by atoms with Gasteiger partial charge in [0.1, 0.15) is 0 Å². The molecule has 1 aliphatic heterocycles. The Hall–Kier alpha value is -1.75. The first-order valence-electron chi connectivity index (χ1n) is 7.64. The maximum absolute atomic E-state index is 12.1. The van der Waals surface area contributed by atoms with E-state index in [-0.39, 0.29) is 18.1 Å². The zero-order chi connectivity index (χ0) is 14.8. The van der Waals surface area contributed by atoms with E-state index in [9.17, 15) is 4.79 Å². The molecule has 114 valence electrons. The van der Waals surface area contributed by atoms with Crippen LogP contribution in [0.3, 0.4) is 0 Å². The van der Waals surface area contributed by atoms with E-state index >= 15 is 0 Å². The summed E-state index contributed by atoms with van der Waals surface area (Å²) in [6, 6.07) is 5.58. The fraction of sp³-hybridized carbons (Fsp3) is 0.562. The van der Waals surface area contributed by atoms with E-state index in [2.05, 4.69) is 5.32 Å². The first-order valence-corrected chi connectivity index (χ1v) is 7.64. The maximum atomic E-state index is 12.1. The highest BCUT2D eigenvalue weighted by Crippen LogP contribution is 2.40. The van der Waals surface area contributed by atoms with Crippen LogP contribution in [0.2, 0.25) is 0 Å². The van der Waals surface area contributed by atoms with E-state index in [4.69, 9.17) is 15.2 Å². The summed E-state index contributed by atoms with van der Waals surface area (Å²) in [5.41, 5.74) is 7.63. The third kappa shape index (κ3) is 3.13. The molecule has 1 aliphatic carbocycles. The molecule has 2 aliphatic rings. The van der Waals surface area contributed by atoms with E-state index in [0.717, 1.165) is 18.7 Å². The van der Waals surface area contributed by atoms with Crippen LogP contribution in [0, 0.1) is 5.92 Å². The van der Waals surface area contributed by atoms with Crippen molar-refractivity contribution in [2.45, 2.75) is 38.3 Å². The standard InChI is InChI=1S/C16H22N2O3/c1-2-20-16(19)12-9-11(17)5-6-13(12)18-14-7-8-21-15(14)10-3-4-10/h5-6,9-10,14-15,18H,2-4,7-8,17H2,1H3. The Balaban J connectivity index is 1.79. The Bertz CT molecular complexity index is 528. The largest absolute Gasteiger partial charge is 0.462 e. The molecule has 1 heterocycles. The smallest absolute Gasteiger partial charge is 0.340 e. The Morgan fingerprint density at radius 1 is 1.43 bits per heavy atom. The number of benzene rings is 1. The Morgan fingerprint density at radius 3 is 2.95 bits per heavy atom. The second-order valence-electron chi connectivity index (χ2n) is 5.74. The SMILES string of the molecule is CCOC(=O)c1cc(N)ccc1NC1CCOC1C1CC1. The predicted molar refractivity (Wildman–Crippen MR) is 81.3 cm³/mol. The third-order valence-electron chi connectivity index (χ3n) is 4.10. The first-order chi connectivity index (χ1) is 10.2. The minimum absolute atomic E-state index is 0.259. The third-order valence-corrected chi connectivity index (χ3v) is 4.10. The summed E-state index contributed by atoms with van der Waals surface area (Å²) >= 11 is 0. The van der Waals surface area contributed by atoms with Gasteiger partial charge in [0.2, 0.25) is 0 Å². The molecule has 0 aromatic heterocycles. The van der Waals surface area contributed by atoms with Crippen molar-refractivity contribution in [3.8, 4) is 0 Å². The maximum Gasteiger partial charge on any atom is 0.340 e. The van der Waals surface area contributed by atoms with Crippen molar-refractivity contribution < 1.29 is 14.3 Å². The number of nitrogens with two attached hydrogens (primary N) is 1. The van der Waals surface area contributed by atoms with Crippen molar-refractivity contribution in [1.82, 2.24) is 0 Å². The highest BCUT2D eigenvalue weighted by atomic mass is 16.5. The molecule has 5 heteroatoms. The number of rotatable bonds is 5. The highest BCUT2D eigenvalue weighted by Gasteiger charge is 2.40. The van der Waals surface area contributed by atoms with Crippen molar-refractivity contribution in [3.05, 3.63) is 23.8 Å². The zero-order valence-corrected chi connectivity index (χ0v) is 12.3. The highest BCUT2D eigenvalue weighted by molar-refractivity contribution is 5.96. The van der Waals surface area contributed by atoms with Gasteiger partial charge in [-0.15, -0.1) is 0 Å². The minimum atomic E-state index is -0.339. The van der Waals surface area contributed by atoms with Crippen LogP contribution in [0.4, 0.5) is 11.4 Å². The van der Waals surface area contributed by atoms with Crippen LogP contribution in [0.15, 0.2) is 18.2 Å². The summed E-state index contributed by atoms with van der Waals surface area (Å²) < 4.78 is 10.9. The van der Waals surface area contributed by atoms with Crippen molar-refractivity contribution >= 4 is 17.3 Å². The van der Waals surface area contributed by atoms with Gasteiger partial charge in [-0.1, -0.05) is 0 Å². The molecular formula is C16H22N2O3. The van der Waals surface area contributed by atoms with Gasteiger partial charge in [0, 0.05) is 18.0 Å². The molecule has 2 unspecified atom stereocenters. The lowest BCUT2D eigenvalue weighted by atomic mass is 10.0. The number of carbonyl (C=O) groups is 1. The normalized spacial score (nSPS) is 24.8. The monoisotopic (exact) mass is 290 g/mol. The van der Waals surface area contributed by atoms with E-state index in [1.54, 1.807) is 19.1 Å². The number of esters is 1. The van der Waals surface area contributed by atoms with Gasteiger partial charge in [-0.25, -0.2) is 4.79 Å². The van der Waals surface area contributed by atoms with Gasteiger partial charge in [0.25, 0.3) is 0 Å². The molecule has 1 aromatic carbocycles. The van der Waals surface area contributed by atoms with Crippen molar-refractivity contribution in [3.63, 3.8) is 0 Å². The number of carbonyl (C=O) groups excluding carboxylic acids is 1. The summed E-state index contributed by atoms with van der Waals surface area (Å²) in [4.78, 5) is 12.1. The lowest BCUT2D eigenvalue weighted by Gasteiger charge is -2.22. The number of hydrogen-bond acceptors (Lipinski definition) is 5. The molecule has 3 rings (SSSR count). The molecule has 21 heavy (non-hydrogen) atoms. The van der Waals surface area contributed by atoms with Crippen LogP contribution in [-0.4, -0.2) is 31.3 Å². The Labute approximate surface area is 124 Å². The lowest BCUT2D eigenvalue weighted by molar-refractivity contribution is 0.0527. The lowest BCUT2D eigenvalue weighted by Crippen LogP contribution is -2.31. The average Bonchev–Trinajstić information content (AvgIpc) is 3.21. The quantitative estimate of drug-likeness (QED) is 0.643. The molecular weight excluding hydrogens is 268 g/mol. The molecule has 1 aromatic rings. The minimum Gasteiger partial charge on any atom is -0.462 e. The fourth-order valence-electron chi connectivity index (χ4n) is 2.92. The molecule has 1 saturated carbocycles. The van der Waals surface area contributed by atoms with Crippen molar-refractivity contribution in [1.29, 1.82) is 0 Å². The van der Waals surface area contributed by atoms with Gasteiger partial charge in [-0.05, 0) is 50.3 Å². The van der Waals surface area contributed by atoms with E-state index in [1.807, 2.05) is 6.07 Å². The second kappa shape index (κ2) is 5.93.